The fourth-order valence-electron chi connectivity index (χ4n) is 1.10. The lowest BCUT2D eigenvalue weighted by Crippen LogP contribution is -2.27. The summed E-state index contributed by atoms with van der Waals surface area (Å²) < 4.78 is 4.91. The number of nitrogens with zero attached hydrogens (tertiary/aromatic N) is 2. The molecule has 0 aromatic carbocycles. The minimum atomic E-state index is -0.215. The zero-order valence-electron chi connectivity index (χ0n) is 7.07. The number of anilines is 1. The van der Waals surface area contributed by atoms with Gasteiger partial charge >= 0.3 is 0 Å². The van der Waals surface area contributed by atoms with Crippen molar-refractivity contribution in [1.29, 1.82) is 0 Å². The maximum atomic E-state index is 10.9. The fourth-order valence-corrected chi connectivity index (χ4v) is 1.10. The Bertz CT molecular complexity index is 351. The number of ether oxygens (including phenoxy) is 1. The van der Waals surface area contributed by atoms with Crippen molar-refractivity contribution in [3.63, 3.8) is 0 Å². The third kappa shape index (κ3) is 1.40. The number of amides is 1. The quantitative estimate of drug-likeness (QED) is 0.670. The molecule has 1 radical (unpaired) electrons. The Kier molecular flexibility index (Phi) is 1.77. The Balaban J connectivity index is 2.38. The van der Waals surface area contributed by atoms with Gasteiger partial charge in [0.25, 0.3) is 5.91 Å². The first-order valence-electron chi connectivity index (χ1n) is 3.83. The summed E-state index contributed by atoms with van der Waals surface area (Å²) in [6.45, 7) is 0.237. The molecule has 0 saturated carbocycles. The zero-order chi connectivity index (χ0) is 9.26. The van der Waals surface area contributed by atoms with E-state index in [1.165, 1.54) is 7.11 Å². The number of fused-ring (bicyclic) bond motifs is 1. The minimum Gasteiger partial charge on any atom is -0.481 e. The first kappa shape index (κ1) is 7.85. The molecule has 0 unspecified atom stereocenters. The van der Waals surface area contributed by atoms with Crippen molar-refractivity contribution in [2.45, 2.75) is 0 Å². The van der Waals surface area contributed by atoms with Gasteiger partial charge in [0.2, 0.25) is 5.88 Å². The number of pyridine rings is 1. The number of hydrogen-bond acceptors (Lipinski definition) is 4. The molecule has 0 saturated heterocycles. The van der Waals surface area contributed by atoms with Crippen LogP contribution in [-0.2, 0) is 4.79 Å². The van der Waals surface area contributed by atoms with Crippen molar-refractivity contribution >= 4 is 17.4 Å². The van der Waals surface area contributed by atoms with Gasteiger partial charge in [-0.1, -0.05) is 0 Å². The number of hydrogen-bond donors (Lipinski definition) is 1. The van der Waals surface area contributed by atoms with Crippen LogP contribution < -0.4 is 15.4 Å². The van der Waals surface area contributed by atoms with E-state index < -0.39 is 0 Å². The maximum absolute atomic E-state index is 10.9. The first-order chi connectivity index (χ1) is 6.29. The Morgan fingerprint density at radius 3 is 3.15 bits per heavy atom. The monoisotopic (exact) mass is 178 g/mol. The van der Waals surface area contributed by atoms with Crippen LogP contribution in [0.4, 0.5) is 11.5 Å². The van der Waals surface area contributed by atoms with E-state index in [-0.39, 0.29) is 12.5 Å². The molecule has 0 aliphatic carbocycles. The summed E-state index contributed by atoms with van der Waals surface area (Å²) in [5.41, 5.74) is 0.764. The molecule has 0 bridgehead atoms. The van der Waals surface area contributed by atoms with Gasteiger partial charge in [-0.3, -0.25) is 4.79 Å². The topological polar surface area (TPSA) is 65.3 Å². The first-order valence-corrected chi connectivity index (χ1v) is 3.83. The smallest absolute Gasteiger partial charge is 0.267 e. The standard InChI is InChI=1S/C8H8N3O2/c1-13-7-3-2-5-8(11-7)10-6(12)4-9-5/h2-3,9H,4H2,1H3. The summed E-state index contributed by atoms with van der Waals surface area (Å²) in [6, 6.07) is 3.51. The van der Waals surface area contributed by atoms with Crippen molar-refractivity contribution < 1.29 is 9.53 Å². The van der Waals surface area contributed by atoms with Crippen LogP contribution in [0.15, 0.2) is 12.1 Å². The predicted octanol–water partition coefficient (Wildman–Crippen LogP) is 0.278. The Labute approximate surface area is 75.1 Å². The molecule has 0 atom stereocenters. The van der Waals surface area contributed by atoms with E-state index in [4.69, 9.17) is 4.74 Å². The molecule has 0 spiro atoms. The second-order valence-electron chi connectivity index (χ2n) is 2.58. The van der Waals surface area contributed by atoms with E-state index in [1.807, 2.05) is 0 Å². The maximum Gasteiger partial charge on any atom is 0.267 e. The van der Waals surface area contributed by atoms with Crippen LogP contribution in [0.3, 0.4) is 0 Å². The van der Waals surface area contributed by atoms with Gasteiger partial charge in [-0.05, 0) is 6.07 Å². The van der Waals surface area contributed by atoms with Crippen LogP contribution in [0, 0.1) is 0 Å². The van der Waals surface area contributed by atoms with Crippen LogP contribution in [0.1, 0.15) is 0 Å². The Morgan fingerprint density at radius 1 is 1.54 bits per heavy atom. The summed E-state index contributed by atoms with van der Waals surface area (Å²) in [4.78, 5) is 14.9. The number of nitrogens with one attached hydrogen (secondary N) is 1. The molecule has 67 valence electrons. The summed E-state index contributed by atoms with van der Waals surface area (Å²) in [5.74, 6) is 0.642. The number of aromatic nitrogens is 1. The Hall–Kier alpha value is -1.78. The molecule has 2 heterocycles. The second-order valence-corrected chi connectivity index (χ2v) is 2.58. The van der Waals surface area contributed by atoms with Crippen molar-refractivity contribution in [1.82, 2.24) is 10.3 Å². The van der Waals surface area contributed by atoms with E-state index in [2.05, 4.69) is 15.6 Å². The Morgan fingerprint density at radius 2 is 2.38 bits per heavy atom. The summed E-state index contributed by atoms with van der Waals surface area (Å²) in [5, 5.41) is 6.66. The SMILES string of the molecule is COc1ccc2c(n1)[N]C(=O)CN2. The van der Waals surface area contributed by atoms with E-state index in [1.54, 1.807) is 12.1 Å². The van der Waals surface area contributed by atoms with Crippen LogP contribution in [-0.4, -0.2) is 24.5 Å². The summed E-state index contributed by atoms with van der Waals surface area (Å²) in [7, 11) is 1.52. The highest BCUT2D eigenvalue weighted by Gasteiger charge is 2.17. The minimum absolute atomic E-state index is 0.215. The number of methoxy groups -OCH3 is 1. The predicted molar refractivity (Wildman–Crippen MR) is 46.1 cm³/mol. The summed E-state index contributed by atoms with van der Waals surface area (Å²) in [6.07, 6.45) is 0. The van der Waals surface area contributed by atoms with E-state index >= 15 is 0 Å². The molecule has 5 heteroatoms. The number of rotatable bonds is 1. The highest BCUT2D eigenvalue weighted by molar-refractivity contribution is 5.90. The van der Waals surface area contributed by atoms with Gasteiger partial charge in [0, 0.05) is 6.07 Å². The average Bonchev–Trinajstić information content (AvgIpc) is 2.16. The fraction of sp³-hybridized carbons (Fsp3) is 0.250. The highest BCUT2D eigenvalue weighted by atomic mass is 16.5. The third-order valence-electron chi connectivity index (χ3n) is 1.72. The molecule has 1 N–H and O–H groups in total. The van der Waals surface area contributed by atoms with Crippen molar-refractivity contribution in [3.8, 4) is 5.88 Å². The molecule has 5 nitrogen and oxygen atoms in total. The molecule has 2 rings (SSSR count). The molecule has 1 aliphatic heterocycles. The van der Waals surface area contributed by atoms with Crippen molar-refractivity contribution in [3.05, 3.63) is 12.1 Å². The molecule has 1 aromatic rings. The van der Waals surface area contributed by atoms with Gasteiger partial charge in [-0.2, -0.15) is 10.3 Å². The lowest BCUT2D eigenvalue weighted by atomic mass is 10.3. The van der Waals surface area contributed by atoms with E-state index in [9.17, 15) is 4.79 Å². The third-order valence-corrected chi connectivity index (χ3v) is 1.72. The summed E-state index contributed by atoms with van der Waals surface area (Å²) >= 11 is 0. The van der Waals surface area contributed by atoms with Crippen molar-refractivity contribution in [2.75, 3.05) is 19.0 Å². The molecule has 13 heavy (non-hydrogen) atoms. The normalized spacial score (nSPS) is 14.1. The van der Waals surface area contributed by atoms with Gasteiger partial charge in [-0.25, -0.2) is 0 Å². The molecular formula is C8H8N3O2. The van der Waals surface area contributed by atoms with Crippen LogP contribution in [0.5, 0.6) is 5.88 Å². The number of carbonyl (C=O) groups excluding carboxylic acids is 1. The van der Waals surface area contributed by atoms with Gasteiger partial charge in [0.1, 0.15) is 0 Å². The molecule has 1 aromatic heterocycles. The van der Waals surface area contributed by atoms with Crippen LogP contribution in [0.2, 0.25) is 0 Å². The van der Waals surface area contributed by atoms with E-state index in [0.717, 1.165) is 5.69 Å². The van der Waals surface area contributed by atoms with Gasteiger partial charge < -0.3 is 10.1 Å². The second kappa shape index (κ2) is 2.93. The van der Waals surface area contributed by atoms with Crippen LogP contribution >= 0.6 is 0 Å². The molecule has 1 aliphatic rings. The van der Waals surface area contributed by atoms with Gasteiger partial charge in [-0.15, -0.1) is 0 Å². The average molecular weight is 178 g/mol. The zero-order valence-corrected chi connectivity index (χ0v) is 7.07. The lowest BCUT2D eigenvalue weighted by molar-refractivity contribution is -0.118. The molecule has 0 fully saturated rings. The highest BCUT2D eigenvalue weighted by Crippen LogP contribution is 2.24. The lowest BCUT2D eigenvalue weighted by Gasteiger charge is -2.15. The number of carbonyl (C=O) groups is 1. The molecule has 1 amide bonds. The molecular weight excluding hydrogens is 170 g/mol. The van der Waals surface area contributed by atoms with Crippen molar-refractivity contribution in [2.24, 2.45) is 0 Å². The van der Waals surface area contributed by atoms with Gasteiger partial charge in [0.05, 0.1) is 19.3 Å². The largest absolute Gasteiger partial charge is 0.481 e. The van der Waals surface area contributed by atoms with Gasteiger partial charge in [0.15, 0.2) is 5.82 Å². The van der Waals surface area contributed by atoms with Crippen LogP contribution in [0.25, 0.3) is 0 Å². The van der Waals surface area contributed by atoms with E-state index in [0.29, 0.717) is 11.7 Å².